The molecule has 204 valence electrons. The van der Waals surface area contributed by atoms with E-state index in [9.17, 15) is 30.3 Å². The van der Waals surface area contributed by atoms with Gasteiger partial charge in [0, 0.05) is 5.92 Å². The van der Waals surface area contributed by atoms with Crippen LogP contribution in [0, 0.1) is 50.7 Å². The maximum absolute atomic E-state index is 12.9. The highest BCUT2D eigenvalue weighted by atomic mass is 16.4. The van der Waals surface area contributed by atoms with Crippen LogP contribution in [0.1, 0.15) is 93.4 Å². The highest BCUT2D eigenvalue weighted by Crippen LogP contribution is 2.76. The van der Waals surface area contributed by atoms with Crippen LogP contribution in [-0.2, 0) is 4.79 Å². The molecule has 0 amide bonds. The highest BCUT2D eigenvalue weighted by Gasteiger charge is 2.73. The third kappa shape index (κ3) is 2.85. The molecule has 6 nitrogen and oxygen atoms in total. The fourth-order valence-electron chi connectivity index (χ4n) is 11.1. The molecule has 0 spiro atoms. The lowest BCUT2D eigenvalue weighted by atomic mass is 9.32. The quantitative estimate of drug-likeness (QED) is 0.343. The Kier molecular flexibility index (Phi) is 5.61. The summed E-state index contributed by atoms with van der Waals surface area (Å²) in [5.74, 6) is -1.31. The van der Waals surface area contributed by atoms with Crippen LogP contribution in [0.25, 0.3) is 0 Å². The molecule has 12 atom stereocenters. The molecule has 0 radical (unpaired) electrons. The number of rotatable bonds is 1. The van der Waals surface area contributed by atoms with E-state index in [0.29, 0.717) is 19.3 Å². The van der Waals surface area contributed by atoms with Gasteiger partial charge in [-0.2, -0.15) is 0 Å². The van der Waals surface area contributed by atoms with E-state index in [-0.39, 0.29) is 40.4 Å². The summed E-state index contributed by atoms with van der Waals surface area (Å²) in [4.78, 5) is 12.9. The predicted octanol–water partition coefficient (Wildman–Crippen LogP) is 4.15. The van der Waals surface area contributed by atoms with Gasteiger partial charge in [0.1, 0.15) is 5.41 Å². The number of carboxylic acid groups (broad SMARTS) is 1. The zero-order chi connectivity index (χ0) is 26.9. The maximum Gasteiger partial charge on any atom is 0.313 e. The molecule has 0 aromatic carbocycles. The third-order valence-electron chi connectivity index (χ3n) is 13.5. The van der Waals surface area contributed by atoms with Gasteiger partial charge in [0.05, 0.1) is 23.9 Å². The Bertz CT molecular complexity index is 986. The summed E-state index contributed by atoms with van der Waals surface area (Å²) in [7, 11) is 0. The molecule has 36 heavy (non-hydrogen) atoms. The molecule has 0 aliphatic heterocycles. The minimum absolute atomic E-state index is 0.146. The van der Waals surface area contributed by atoms with E-state index < -0.39 is 46.6 Å². The van der Waals surface area contributed by atoms with Gasteiger partial charge in [0.25, 0.3) is 0 Å². The molecule has 6 heteroatoms. The second kappa shape index (κ2) is 7.58. The van der Waals surface area contributed by atoms with Crippen molar-refractivity contribution < 1.29 is 30.3 Å². The van der Waals surface area contributed by atoms with Gasteiger partial charge in [-0.25, -0.2) is 0 Å². The van der Waals surface area contributed by atoms with Gasteiger partial charge in [-0.3, -0.25) is 4.79 Å². The minimum Gasteiger partial charge on any atom is -0.481 e. The fraction of sp³-hybridized carbons (Fsp3) is 0.900. The number of carbonyl (C=O) groups is 1. The Balaban J connectivity index is 1.66. The van der Waals surface area contributed by atoms with E-state index >= 15 is 0 Å². The largest absolute Gasteiger partial charge is 0.481 e. The van der Waals surface area contributed by atoms with Crippen LogP contribution in [0.3, 0.4) is 0 Å². The first-order chi connectivity index (χ1) is 16.4. The maximum atomic E-state index is 12.9. The molecule has 0 bridgehead atoms. The van der Waals surface area contributed by atoms with Crippen LogP contribution in [-0.4, -0.2) is 55.4 Å². The van der Waals surface area contributed by atoms with E-state index in [1.54, 1.807) is 6.92 Å². The molecule has 4 saturated carbocycles. The molecular formula is C30H48O6. The Hall–Kier alpha value is -0.950. The number of hydrogen-bond donors (Lipinski definition) is 5. The van der Waals surface area contributed by atoms with Gasteiger partial charge < -0.3 is 25.5 Å². The molecule has 4 fully saturated rings. The summed E-state index contributed by atoms with van der Waals surface area (Å²) < 4.78 is 0. The van der Waals surface area contributed by atoms with Crippen molar-refractivity contribution in [2.24, 2.45) is 50.7 Å². The topological polar surface area (TPSA) is 118 Å². The number of aliphatic hydroxyl groups is 4. The number of allylic oxidation sites excluding steroid dienone is 1. The summed E-state index contributed by atoms with van der Waals surface area (Å²) in [5.41, 5.74) is -2.60. The molecule has 0 heterocycles. The first kappa shape index (κ1) is 26.6. The first-order valence-corrected chi connectivity index (χ1v) is 14.1. The van der Waals surface area contributed by atoms with Crippen molar-refractivity contribution in [3.8, 4) is 0 Å². The van der Waals surface area contributed by atoms with Crippen LogP contribution in [0.5, 0.6) is 0 Å². The number of carboxylic acids is 1. The average Bonchev–Trinajstić information content (AvgIpc) is 2.76. The number of fused-ring (bicyclic) bond motifs is 7. The van der Waals surface area contributed by atoms with Crippen LogP contribution >= 0.6 is 0 Å². The molecule has 5 N–H and O–H groups in total. The Morgan fingerprint density at radius 2 is 1.61 bits per heavy atom. The molecule has 0 unspecified atom stereocenters. The van der Waals surface area contributed by atoms with Crippen molar-refractivity contribution in [2.75, 3.05) is 0 Å². The van der Waals surface area contributed by atoms with Gasteiger partial charge in [0.2, 0.25) is 0 Å². The van der Waals surface area contributed by atoms with Gasteiger partial charge in [-0.05, 0) is 91.3 Å². The number of aliphatic hydroxyl groups excluding tert-OH is 3. The lowest BCUT2D eigenvalue weighted by molar-refractivity contribution is -0.244. The second-order valence-corrected chi connectivity index (χ2v) is 15.0. The highest BCUT2D eigenvalue weighted by molar-refractivity contribution is 5.78. The number of hydrogen-bond acceptors (Lipinski definition) is 5. The predicted molar refractivity (Wildman–Crippen MR) is 137 cm³/mol. The Morgan fingerprint density at radius 1 is 0.972 bits per heavy atom. The van der Waals surface area contributed by atoms with Gasteiger partial charge in [-0.1, -0.05) is 53.2 Å². The Labute approximate surface area is 216 Å². The van der Waals surface area contributed by atoms with Crippen LogP contribution in [0.2, 0.25) is 0 Å². The van der Waals surface area contributed by atoms with Crippen molar-refractivity contribution in [2.45, 2.75) is 117 Å². The van der Waals surface area contributed by atoms with E-state index in [1.807, 2.05) is 6.92 Å². The molecule has 5 rings (SSSR count). The average molecular weight is 505 g/mol. The molecular weight excluding hydrogens is 456 g/mol. The number of aliphatic carboxylic acids is 1. The normalized spacial score (nSPS) is 58.0. The summed E-state index contributed by atoms with van der Waals surface area (Å²) in [6, 6.07) is 0. The van der Waals surface area contributed by atoms with Crippen LogP contribution in [0.15, 0.2) is 11.6 Å². The van der Waals surface area contributed by atoms with Crippen LogP contribution < -0.4 is 0 Å². The SMILES string of the molecule is C[C@@H]1C[C@H](O)[C@]2(C(=O)O)CC[C@]3(C)C(=CC[C@@H]4[C@@]5(C)C[C@@H](O)[C@@H](O)C(C)(C)[C@@H]5CC[C@]43C)[C@@H]2[C@]1(C)O. The summed E-state index contributed by atoms with van der Waals surface area (Å²) in [5, 5.41) is 55.6. The second-order valence-electron chi connectivity index (χ2n) is 15.0. The minimum atomic E-state index is -1.38. The summed E-state index contributed by atoms with van der Waals surface area (Å²) >= 11 is 0. The molecule has 5 aliphatic rings. The standard InChI is InChI=1S/C30H48O6/c1-16-14-21(32)30(24(34)35)13-12-27(5)17(22(30)29(16,7)36)8-9-20-26(4)15-18(31)23(33)25(2,3)19(26)10-11-28(20,27)6/h8,16,18-23,31-33,36H,9-15H2,1-7H3,(H,34,35)/t16-,18-,19+,20-,21+,22-,23-,26+,27-,28-,29-,30-/m1/s1. The third-order valence-corrected chi connectivity index (χ3v) is 13.5. The van der Waals surface area contributed by atoms with E-state index in [4.69, 9.17) is 0 Å². The molecule has 0 aromatic heterocycles. The lowest BCUT2D eigenvalue weighted by Gasteiger charge is -2.72. The van der Waals surface area contributed by atoms with Crippen molar-refractivity contribution in [1.29, 1.82) is 0 Å². The van der Waals surface area contributed by atoms with Crippen molar-refractivity contribution in [1.82, 2.24) is 0 Å². The fourth-order valence-corrected chi connectivity index (χ4v) is 11.1. The van der Waals surface area contributed by atoms with Crippen molar-refractivity contribution in [3.05, 3.63) is 11.6 Å². The van der Waals surface area contributed by atoms with E-state index in [0.717, 1.165) is 24.8 Å². The summed E-state index contributed by atoms with van der Waals surface area (Å²) in [6.45, 7) is 14.9. The van der Waals surface area contributed by atoms with E-state index in [1.165, 1.54) is 0 Å². The van der Waals surface area contributed by atoms with E-state index in [2.05, 4.69) is 40.7 Å². The smallest absolute Gasteiger partial charge is 0.313 e. The molecule has 0 aromatic rings. The van der Waals surface area contributed by atoms with Crippen molar-refractivity contribution in [3.63, 3.8) is 0 Å². The van der Waals surface area contributed by atoms with Gasteiger partial charge >= 0.3 is 5.97 Å². The zero-order valence-corrected chi connectivity index (χ0v) is 23.2. The lowest BCUT2D eigenvalue weighted by Crippen LogP contribution is -2.70. The van der Waals surface area contributed by atoms with Gasteiger partial charge in [0.15, 0.2) is 0 Å². The Morgan fingerprint density at radius 3 is 2.22 bits per heavy atom. The van der Waals surface area contributed by atoms with Crippen LogP contribution in [0.4, 0.5) is 0 Å². The molecule has 0 saturated heterocycles. The van der Waals surface area contributed by atoms with Gasteiger partial charge in [-0.15, -0.1) is 0 Å². The van der Waals surface area contributed by atoms with Crippen molar-refractivity contribution >= 4 is 5.97 Å². The monoisotopic (exact) mass is 504 g/mol. The summed E-state index contributed by atoms with van der Waals surface area (Å²) in [6.07, 6.45) is 4.27. The first-order valence-electron chi connectivity index (χ1n) is 14.1. The zero-order valence-electron chi connectivity index (χ0n) is 23.2. The molecule has 5 aliphatic carbocycles.